The first-order valence-electron chi connectivity index (χ1n) is 3.96. The second-order valence-electron chi connectivity index (χ2n) is 2.70. The molecule has 5 heteroatoms. The minimum atomic E-state index is -0.988. The lowest BCUT2D eigenvalue weighted by atomic mass is 10.2. The molecule has 0 saturated heterocycles. The van der Waals surface area contributed by atoms with E-state index in [1.54, 1.807) is 6.07 Å². The molecule has 0 heterocycles. The number of halogens is 2. The van der Waals surface area contributed by atoms with Gasteiger partial charge in [-0.15, -0.1) is 0 Å². The maximum Gasteiger partial charge on any atom is 0.317 e. The van der Waals surface area contributed by atoms with Crippen LogP contribution in [0, 0.1) is 5.82 Å². The van der Waals surface area contributed by atoms with Gasteiger partial charge < -0.3 is 10.4 Å². The smallest absolute Gasteiger partial charge is 0.317 e. The fraction of sp³-hybridized carbons (Fsp3) is 0.222. The number of aliphatic carboxylic acids is 1. The van der Waals surface area contributed by atoms with E-state index in [0.717, 1.165) is 0 Å². The Morgan fingerprint density at radius 2 is 2.29 bits per heavy atom. The summed E-state index contributed by atoms with van der Waals surface area (Å²) in [4.78, 5) is 10.2. The van der Waals surface area contributed by atoms with Crippen LogP contribution in [-0.2, 0) is 11.3 Å². The van der Waals surface area contributed by atoms with Crippen LogP contribution < -0.4 is 5.32 Å². The molecule has 0 aromatic heterocycles. The number of hydrogen-bond acceptors (Lipinski definition) is 2. The molecule has 1 aromatic carbocycles. The molecule has 0 radical (unpaired) electrons. The molecule has 76 valence electrons. The Balaban J connectivity index is 2.62. The van der Waals surface area contributed by atoms with Gasteiger partial charge in [0.05, 0.1) is 6.54 Å². The number of hydrogen-bond donors (Lipinski definition) is 2. The molecule has 0 saturated carbocycles. The van der Waals surface area contributed by atoms with Gasteiger partial charge in [-0.1, -0.05) is 17.7 Å². The van der Waals surface area contributed by atoms with Crippen LogP contribution in [0.15, 0.2) is 18.2 Å². The van der Waals surface area contributed by atoms with E-state index in [0.29, 0.717) is 5.02 Å². The van der Waals surface area contributed by atoms with Crippen LogP contribution in [0.4, 0.5) is 4.39 Å². The largest absolute Gasteiger partial charge is 0.480 e. The predicted molar refractivity (Wildman–Crippen MR) is 50.8 cm³/mol. The Labute approximate surface area is 85.5 Å². The molecular weight excluding hydrogens is 209 g/mol. The first-order chi connectivity index (χ1) is 6.61. The van der Waals surface area contributed by atoms with Crippen molar-refractivity contribution in [2.24, 2.45) is 0 Å². The zero-order valence-electron chi connectivity index (χ0n) is 7.26. The van der Waals surface area contributed by atoms with E-state index >= 15 is 0 Å². The molecule has 0 aliphatic rings. The molecule has 0 spiro atoms. The van der Waals surface area contributed by atoms with E-state index in [4.69, 9.17) is 16.7 Å². The SMILES string of the molecule is O=C(O)CNCc1c(F)cccc1Cl. The maximum absolute atomic E-state index is 13.1. The Kier molecular flexibility index (Phi) is 3.85. The lowest BCUT2D eigenvalue weighted by Crippen LogP contribution is -2.22. The average Bonchev–Trinajstić information content (AvgIpc) is 2.09. The highest BCUT2D eigenvalue weighted by molar-refractivity contribution is 6.31. The van der Waals surface area contributed by atoms with Crippen molar-refractivity contribution in [1.29, 1.82) is 0 Å². The van der Waals surface area contributed by atoms with Crippen LogP contribution in [0.5, 0.6) is 0 Å². The van der Waals surface area contributed by atoms with Crippen LogP contribution in [0.3, 0.4) is 0 Å². The summed E-state index contributed by atoms with van der Waals surface area (Å²) in [6.45, 7) is -0.109. The quantitative estimate of drug-likeness (QED) is 0.807. The van der Waals surface area contributed by atoms with E-state index in [2.05, 4.69) is 5.32 Å². The maximum atomic E-state index is 13.1. The van der Waals surface area contributed by atoms with Gasteiger partial charge in [0.2, 0.25) is 0 Å². The van der Waals surface area contributed by atoms with Crippen molar-refractivity contribution < 1.29 is 14.3 Å². The Hall–Kier alpha value is -1.13. The number of benzene rings is 1. The van der Waals surface area contributed by atoms with Crippen molar-refractivity contribution in [1.82, 2.24) is 5.32 Å². The Morgan fingerprint density at radius 3 is 2.86 bits per heavy atom. The molecule has 1 aromatic rings. The highest BCUT2D eigenvalue weighted by Crippen LogP contribution is 2.18. The number of carboxylic acid groups (broad SMARTS) is 1. The van der Waals surface area contributed by atoms with E-state index in [9.17, 15) is 9.18 Å². The fourth-order valence-electron chi connectivity index (χ4n) is 0.996. The third kappa shape index (κ3) is 2.97. The van der Waals surface area contributed by atoms with Gasteiger partial charge in [-0.05, 0) is 12.1 Å². The molecule has 0 bridgehead atoms. The lowest BCUT2D eigenvalue weighted by Gasteiger charge is -2.05. The summed E-state index contributed by atoms with van der Waals surface area (Å²) in [7, 11) is 0. The third-order valence-electron chi connectivity index (χ3n) is 1.64. The molecule has 0 unspecified atom stereocenters. The second kappa shape index (κ2) is 4.93. The van der Waals surface area contributed by atoms with Gasteiger partial charge in [0.1, 0.15) is 5.82 Å². The van der Waals surface area contributed by atoms with Crippen LogP contribution in [0.1, 0.15) is 5.56 Å². The summed E-state index contributed by atoms with van der Waals surface area (Å²) in [5.74, 6) is -1.42. The van der Waals surface area contributed by atoms with Gasteiger partial charge in [0.15, 0.2) is 0 Å². The highest BCUT2D eigenvalue weighted by atomic mass is 35.5. The summed E-state index contributed by atoms with van der Waals surface area (Å²) in [5.41, 5.74) is 0.287. The fourth-order valence-corrected chi connectivity index (χ4v) is 1.23. The van der Waals surface area contributed by atoms with E-state index < -0.39 is 11.8 Å². The topological polar surface area (TPSA) is 49.3 Å². The van der Waals surface area contributed by atoms with Crippen LogP contribution in [-0.4, -0.2) is 17.6 Å². The Bertz CT molecular complexity index is 323. The number of carbonyl (C=O) groups is 1. The normalized spacial score (nSPS) is 10.1. The first-order valence-corrected chi connectivity index (χ1v) is 4.34. The highest BCUT2D eigenvalue weighted by Gasteiger charge is 2.06. The van der Waals surface area contributed by atoms with Gasteiger partial charge in [0.25, 0.3) is 0 Å². The molecule has 14 heavy (non-hydrogen) atoms. The molecule has 3 nitrogen and oxygen atoms in total. The van der Waals surface area contributed by atoms with Crippen molar-refractivity contribution in [3.05, 3.63) is 34.6 Å². The standard InChI is InChI=1S/C9H9ClFNO2/c10-7-2-1-3-8(11)6(7)4-12-5-9(13)14/h1-3,12H,4-5H2,(H,13,14). The average molecular weight is 218 g/mol. The predicted octanol–water partition coefficient (Wildman–Crippen LogP) is 1.65. The number of carboxylic acids is 1. The van der Waals surface area contributed by atoms with Crippen molar-refractivity contribution >= 4 is 17.6 Å². The molecule has 1 rings (SSSR count). The van der Waals surface area contributed by atoms with E-state index in [1.807, 2.05) is 0 Å². The van der Waals surface area contributed by atoms with Gasteiger partial charge in [-0.25, -0.2) is 4.39 Å². The van der Waals surface area contributed by atoms with Gasteiger partial charge in [-0.3, -0.25) is 4.79 Å². The minimum Gasteiger partial charge on any atom is -0.480 e. The zero-order chi connectivity index (χ0) is 10.6. The van der Waals surface area contributed by atoms with Crippen molar-refractivity contribution in [2.75, 3.05) is 6.54 Å². The number of nitrogens with one attached hydrogen (secondary N) is 1. The van der Waals surface area contributed by atoms with Crippen molar-refractivity contribution in [3.8, 4) is 0 Å². The summed E-state index contributed by atoms with van der Waals surface area (Å²) < 4.78 is 13.1. The summed E-state index contributed by atoms with van der Waals surface area (Å²) >= 11 is 5.72. The Morgan fingerprint density at radius 1 is 1.57 bits per heavy atom. The van der Waals surface area contributed by atoms with E-state index in [1.165, 1.54) is 12.1 Å². The van der Waals surface area contributed by atoms with Gasteiger partial charge in [0, 0.05) is 17.1 Å². The van der Waals surface area contributed by atoms with E-state index in [-0.39, 0.29) is 18.7 Å². The molecule has 2 N–H and O–H groups in total. The van der Waals surface area contributed by atoms with Crippen molar-refractivity contribution in [2.45, 2.75) is 6.54 Å². The van der Waals surface area contributed by atoms with Crippen molar-refractivity contribution in [3.63, 3.8) is 0 Å². The molecular formula is C9H9ClFNO2. The van der Waals surface area contributed by atoms with Crippen LogP contribution in [0.25, 0.3) is 0 Å². The monoisotopic (exact) mass is 217 g/mol. The van der Waals surface area contributed by atoms with Crippen LogP contribution in [0.2, 0.25) is 5.02 Å². The zero-order valence-corrected chi connectivity index (χ0v) is 8.01. The van der Waals surface area contributed by atoms with Gasteiger partial charge >= 0.3 is 5.97 Å². The summed E-state index contributed by atoms with van der Waals surface area (Å²) in [5, 5.41) is 11.2. The third-order valence-corrected chi connectivity index (χ3v) is 1.99. The lowest BCUT2D eigenvalue weighted by molar-refractivity contribution is -0.136. The molecule has 0 amide bonds. The molecule has 0 fully saturated rings. The number of rotatable bonds is 4. The summed E-state index contributed by atoms with van der Waals surface area (Å²) in [6, 6.07) is 4.34. The first kappa shape index (κ1) is 10.9. The molecule has 0 aliphatic carbocycles. The minimum absolute atomic E-state index is 0.109. The summed E-state index contributed by atoms with van der Waals surface area (Å²) in [6.07, 6.45) is 0. The van der Waals surface area contributed by atoms with Gasteiger partial charge in [-0.2, -0.15) is 0 Å². The van der Waals surface area contributed by atoms with Crippen LogP contribution >= 0.6 is 11.6 Å². The second-order valence-corrected chi connectivity index (χ2v) is 3.10. The molecule has 0 aliphatic heterocycles. The molecule has 0 atom stereocenters.